The van der Waals surface area contributed by atoms with Gasteiger partial charge in [0.05, 0.1) is 4.90 Å². The van der Waals surface area contributed by atoms with Gasteiger partial charge in [-0.1, -0.05) is 44.4 Å². The Morgan fingerprint density at radius 2 is 1.70 bits per heavy atom. The molecule has 1 aliphatic rings. The Labute approximate surface area is 122 Å². The number of hydrogen-bond acceptors (Lipinski definition) is 2. The molecule has 0 atom stereocenters. The fraction of sp³-hybridized carbons (Fsp3) is 0.625. The minimum Gasteiger partial charge on any atom is -0.211 e. The van der Waals surface area contributed by atoms with Crippen molar-refractivity contribution in [2.45, 2.75) is 50.8 Å². The van der Waals surface area contributed by atoms with Crippen LogP contribution in [-0.4, -0.2) is 15.0 Å². The lowest BCUT2D eigenvalue weighted by molar-refractivity contribution is 0.270. The van der Waals surface area contributed by atoms with Crippen LogP contribution < -0.4 is 4.72 Å². The molecule has 0 amide bonds. The van der Waals surface area contributed by atoms with E-state index in [1.54, 1.807) is 12.1 Å². The van der Waals surface area contributed by atoms with Crippen molar-refractivity contribution in [2.75, 3.05) is 6.54 Å². The van der Waals surface area contributed by atoms with Gasteiger partial charge < -0.3 is 0 Å². The van der Waals surface area contributed by atoms with Crippen LogP contribution in [0, 0.1) is 18.8 Å². The van der Waals surface area contributed by atoms with Gasteiger partial charge in [-0.05, 0) is 43.2 Å². The molecule has 1 aliphatic carbocycles. The zero-order chi connectivity index (χ0) is 14.6. The lowest BCUT2D eigenvalue weighted by Gasteiger charge is -2.27. The number of hydrogen-bond donors (Lipinski definition) is 1. The Balaban J connectivity index is 1.92. The summed E-state index contributed by atoms with van der Waals surface area (Å²) in [5.41, 5.74) is 0.801. The second-order valence-corrected chi connectivity index (χ2v) is 7.65. The molecule has 3 nitrogen and oxygen atoms in total. The third-order valence-corrected chi connectivity index (χ3v) is 6.07. The Morgan fingerprint density at radius 3 is 2.30 bits per heavy atom. The molecule has 0 radical (unpaired) electrons. The molecule has 0 bridgehead atoms. The van der Waals surface area contributed by atoms with Gasteiger partial charge in [-0.3, -0.25) is 0 Å². The highest BCUT2D eigenvalue weighted by Crippen LogP contribution is 2.30. The average Bonchev–Trinajstić information content (AvgIpc) is 2.46. The first-order valence-electron chi connectivity index (χ1n) is 7.58. The van der Waals surface area contributed by atoms with Crippen molar-refractivity contribution in [3.8, 4) is 0 Å². The Kier molecular flexibility index (Phi) is 5.22. The van der Waals surface area contributed by atoms with Crippen LogP contribution in [0.2, 0.25) is 0 Å². The van der Waals surface area contributed by atoms with Crippen LogP contribution in [0.25, 0.3) is 0 Å². The largest absolute Gasteiger partial charge is 0.240 e. The highest BCUT2D eigenvalue weighted by Gasteiger charge is 2.22. The standard InChI is InChI=1S/C16H25NO2S/c1-3-14-8-10-15(11-9-14)12-17-20(18,19)16-7-5-4-6-13(16)2/h4-7,14-15,17H,3,8-12H2,1-2H3. The molecule has 112 valence electrons. The monoisotopic (exact) mass is 295 g/mol. The molecule has 1 aromatic rings. The van der Waals surface area contributed by atoms with E-state index >= 15 is 0 Å². The third-order valence-electron chi connectivity index (χ3n) is 4.49. The van der Waals surface area contributed by atoms with Gasteiger partial charge in [0.1, 0.15) is 0 Å². The molecule has 20 heavy (non-hydrogen) atoms. The average molecular weight is 295 g/mol. The smallest absolute Gasteiger partial charge is 0.211 e. The minimum absolute atomic E-state index is 0.405. The van der Waals surface area contributed by atoms with E-state index in [0.717, 1.165) is 24.3 Å². The number of aryl methyl sites for hydroxylation is 1. The Hall–Kier alpha value is -0.870. The topological polar surface area (TPSA) is 46.2 Å². The number of sulfonamides is 1. The van der Waals surface area contributed by atoms with E-state index in [4.69, 9.17) is 0 Å². The van der Waals surface area contributed by atoms with Crippen molar-refractivity contribution in [2.24, 2.45) is 11.8 Å². The van der Waals surface area contributed by atoms with Gasteiger partial charge in [0.25, 0.3) is 0 Å². The molecule has 1 fully saturated rings. The first-order valence-corrected chi connectivity index (χ1v) is 9.06. The van der Waals surface area contributed by atoms with E-state index in [1.807, 2.05) is 19.1 Å². The van der Waals surface area contributed by atoms with E-state index in [0.29, 0.717) is 17.4 Å². The highest BCUT2D eigenvalue weighted by atomic mass is 32.2. The number of rotatable bonds is 5. The van der Waals surface area contributed by atoms with Crippen LogP contribution >= 0.6 is 0 Å². The Bertz CT molecular complexity index is 531. The van der Waals surface area contributed by atoms with E-state index in [9.17, 15) is 8.42 Å². The van der Waals surface area contributed by atoms with Crippen molar-refractivity contribution < 1.29 is 8.42 Å². The van der Waals surface area contributed by atoms with Gasteiger partial charge in [0.15, 0.2) is 0 Å². The predicted octanol–water partition coefficient (Wildman–Crippen LogP) is 3.49. The molecule has 1 saturated carbocycles. The highest BCUT2D eigenvalue weighted by molar-refractivity contribution is 7.89. The van der Waals surface area contributed by atoms with Gasteiger partial charge >= 0.3 is 0 Å². The third kappa shape index (κ3) is 3.83. The number of nitrogens with one attached hydrogen (secondary N) is 1. The molecule has 1 aromatic carbocycles. The van der Waals surface area contributed by atoms with Gasteiger partial charge in [0.2, 0.25) is 10.0 Å². The Morgan fingerprint density at radius 1 is 1.10 bits per heavy atom. The fourth-order valence-electron chi connectivity index (χ4n) is 3.01. The summed E-state index contributed by atoms with van der Waals surface area (Å²) in [5.74, 6) is 1.34. The van der Waals surface area contributed by atoms with Crippen LogP contribution in [-0.2, 0) is 10.0 Å². The summed E-state index contributed by atoms with van der Waals surface area (Å²) in [4.78, 5) is 0.405. The first kappa shape index (κ1) is 15.5. The van der Waals surface area contributed by atoms with Crippen LogP contribution in [0.15, 0.2) is 29.2 Å². The van der Waals surface area contributed by atoms with E-state index < -0.39 is 10.0 Å². The lowest BCUT2D eigenvalue weighted by atomic mass is 9.81. The van der Waals surface area contributed by atoms with E-state index in [1.165, 1.54) is 19.3 Å². The summed E-state index contributed by atoms with van der Waals surface area (Å²) in [5, 5.41) is 0. The van der Waals surface area contributed by atoms with Gasteiger partial charge in [-0.15, -0.1) is 0 Å². The quantitative estimate of drug-likeness (QED) is 0.904. The maximum absolute atomic E-state index is 12.3. The fourth-order valence-corrected chi connectivity index (χ4v) is 4.37. The maximum atomic E-state index is 12.3. The SMILES string of the molecule is CCC1CCC(CNS(=O)(=O)c2ccccc2C)CC1. The van der Waals surface area contributed by atoms with E-state index in [-0.39, 0.29) is 0 Å². The molecule has 0 aliphatic heterocycles. The zero-order valence-electron chi connectivity index (χ0n) is 12.4. The molecule has 2 rings (SSSR count). The van der Waals surface area contributed by atoms with E-state index in [2.05, 4.69) is 11.6 Å². The molecule has 0 spiro atoms. The van der Waals surface area contributed by atoms with Gasteiger partial charge in [0, 0.05) is 6.54 Å². The van der Waals surface area contributed by atoms with Crippen molar-refractivity contribution >= 4 is 10.0 Å². The molecule has 0 unspecified atom stereocenters. The van der Waals surface area contributed by atoms with Crippen LogP contribution in [0.3, 0.4) is 0 Å². The van der Waals surface area contributed by atoms with Gasteiger partial charge in [-0.25, -0.2) is 13.1 Å². The van der Waals surface area contributed by atoms with Crippen LogP contribution in [0.1, 0.15) is 44.6 Å². The molecular formula is C16H25NO2S. The van der Waals surface area contributed by atoms with Crippen molar-refractivity contribution in [3.05, 3.63) is 29.8 Å². The second-order valence-electron chi connectivity index (χ2n) is 5.91. The minimum atomic E-state index is -3.36. The summed E-state index contributed by atoms with van der Waals surface area (Å²) < 4.78 is 27.4. The summed E-state index contributed by atoms with van der Waals surface area (Å²) in [6.45, 7) is 4.65. The summed E-state index contributed by atoms with van der Waals surface area (Å²) >= 11 is 0. The lowest BCUT2D eigenvalue weighted by Crippen LogP contribution is -2.31. The summed E-state index contributed by atoms with van der Waals surface area (Å²) in [7, 11) is -3.36. The molecule has 0 saturated heterocycles. The van der Waals surface area contributed by atoms with Crippen LogP contribution in [0.5, 0.6) is 0 Å². The van der Waals surface area contributed by atoms with Crippen molar-refractivity contribution in [1.82, 2.24) is 4.72 Å². The summed E-state index contributed by atoms with van der Waals surface area (Å²) in [6.07, 6.45) is 6.03. The molecule has 4 heteroatoms. The van der Waals surface area contributed by atoms with Crippen LogP contribution in [0.4, 0.5) is 0 Å². The summed E-state index contributed by atoms with van der Waals surface area (Å²) in [6, 6.07) is 7.14. The molecular weight excluding hydrogens is 270 g/mol. The molecule has 1 N–H and O–H groups in total. The van der Waals surface area contributed by atoms with Crippen molar-refractivity contribution in [1.29, 1.82) is 0 Å². The van der Waals surface area contributed by atoms with Crippen molar-refractivity contribution in [3.63, 3.8) is 0 Å². The van der Waals surface area contributed by atoms with Gasteiger partial charge in [-0.2, -0.15) is 0 Å². The predicted molar refractivity (Wildman–Crippen MR) is 82.1 cm³/mol. The zero-order valence-corrected chi connectivity index (χ0v) is 13.2. The maximum Gasteiger partial charge on any atom is 0.240 e. The normalized spacial score (nSPS) is 23.7. The number of benzene rings is 1. The first-order chi connectivity index (χ1) is 9.53. The molecule has 0 aromatic heterocycles. The molecule has 0 heterocycles. The second kappa shape index (κ2) is 6.72.